The zero-order chi connectivity index (χ0) is 18.8. The standard InChI is InChI=1S/C20H21NO5/c1-23-12-6-8-13-11(9-12)5-7-14(20(21)22)15-10-16(24-2)18(25-3)19(26-4)17(13)15/h6,8-10,14H,7H2,1-4H3,(H2,21,22). The number of methoxy groups -OCH3 is 4. The molecule has 0 fully saturated rings. The van der Waals surface area contributed by atoms with E-state index in [0.717, 1.165) is 22.3 Å². The third-order valence-corrected chi connectivity index (χ3v) is 4.57. The van der Waals surface area contributed by atoms with Gasteiger partial charge in [0.2, 0.25) is 11.7 Å². The summed E-state index contributed by atoms with van der Waals surface area (Å²) in [7, 11) is 6.24. The molecule has 0 saturated heterocycles. The van der Waals surface area contributed by atoms with E-state index in [9.17, 15) is 4.79 Å². The molecule has 0 aliphatic heterocycles. The van der Waals surface area contributed by atoms with Crippen molar-refractivity contribution in [3.05, 3.63) is 41.8 Å². The smallest absolute Gasteiger partial charge is 0.225 e. The number of rotatable bonds is 5. The molecule has 1 unspecified atom stereocenters. The number of primary amides is 1. The van der Waals surface area contributed by atoms with Crippen LogP contribution in [0.25, 0.3) is 11.1 Å². The zero-order valence-corrected chi connectivity index (χ0v) is 15.2. The largest absolute Gasteiger partial charge is 0.497 e. The molecule has 1 atom stereocenters. The lowest BCUT2D eigenvalue weighted by molar-refractivity contribution is -0.119. The van der Waals surface area contributed by atoms with Crippen LogP contribution in [0.5, 0.6) is 23.0 Å². The molecule has 1 aliphatic rings. The highest BCUT2D eigenvalue weighted by Crippen LogP contribution is 2.52. The van der Waals surface area contributed by atoms with Crippen LogP contribution in [-0.4, -0.2) is 34.3 Å². The number of hydrogen-bond acceptors (Lipinski definition) is 5. The Kier molecular flexibility index (Phi) is 4.93. The van der Waals surface area contributed by atoms with Gasteiger partial charge in [-0.1, -0.05) is 6.07 Å². The van der Waals surface area contributed by atoms with E-state index in [0.29, 0.717) is 29.4 Å². The van der Waals surface area contributed by atoms with Crippen LogP contribution in [0.15, 0.2) is 24.3 Å². The van der Waals surface area contributed by atoms with Crippen molar-refractivity contribution in [2.45, 2.75) is 12.3 Å². The van der Waals surface area contributed by atoms with Crippen molar-refractivity contribution in [2.75, 3.05) is 28.4 Å². The van der Waals surface area contributed by atoms with Crippen LogP contribution >= 0.6 is 0 Å². The van der Waals surface area contributed by atoms with Crippen LogP contribution in [0.3, 0.4) is 0 Å². The van der Waals surface area contributed by atoms with Crippen LogP contribution < -0.4 is 24.7 Å². The van der Waals surface area contributed by atoms with Crippen molar-refractivity contribution in [1.82, 2.24) is 0 Å². The van der Waals surface area contributed by atoms with E-state index in [4.69, 9.17) is 24.7 Å². The molecule has 2 aromatic rings. The van der Waals surface area contributed by atoms with Crippen molar-refractivity contribution in [3.8, 4) is 34.1 Å². The number of carbonyl (C=O) groups is 1. The third-order valence-electron chi connectivity index (χ3n) is 4.57. The Bertz CT molecular complexity index is 847. The second kappa shape index (κ2) is 7.15. The van der Waals surface area contributed by atoms with E-state index >= 15 is 0 Å². The Morgan fingerprint density at radius 1 is 1.04 bits per heavy atom. The molecule has 2 radical (unpaired) electrons. The van der Waals surface area contributed by atoms with Crippen LogP contribution in [0.1, 0.15) is 23.5 Å². The van der Waals surface area contributed by atoms with Crippen molar-refractivity contribution < 1.29 is 23.7 Å². The maximum Gasteiger partial charge on any atom is 0.225 e. The Balaban J connectivity index is 2.39. The summed E-state index contributed by atoms with van der Waals surface area (Å²) >= 11 is 0. The van der Waals surface area contributed by atoms with E-state index in [1.54, 1.807) is 27.4 Å². The van der Waals surface area contributed by atoms with E-state index in [1.165, 1.54) is 7.11 Å². The normalized spacial score (nSPS) is 15.3. The zero-order valence-electron chi connectivity index (χ0n) is 15.2. The number of amides is 1. The van der Waals surface area contributed by atoms with Gasteiger partial charge in [-0.05, 0) is 41.3 Å². The van der Waals surface area contributed by atoms with Gasteiger partial charge in [0.25, 0.3) is 0 Å². The second-order valence-corrected chi connectivity index (χ2v) is 5.86. The lowest BCUT2D eigenvalue weighted by Crippen LogP contribution is -2.21. The average Bonchev–Trinajstić information content (AvgIpc) is 2.82. The van der Waals surface area contributed by atoms with Gasteiger partial charge in [-0.15, -0.1) is 0 Å². The van der Waals surface area contributed by atoms with E-state index in [-0.39, 0.29) is 0 Å². The fourth-order valence-corrected chi connectivity index (χ4v) is 3.32. The third kappa shape index (κ3) is 2.81. The first-order valence-corrected chi connectivity index (χ1v) is 8.10. The highest BCUT2D eigenvalue weighted by atomic mass is 16.5. The van der Waals surface area contributed by atoms with Crippen molar-refractivity contribution >= 4 is 5.91 Å². The van der Waals surface area contributed by atoms with Gasteiger partial charge in [-0.25, -0.2) is 0 Å². The quantitative estimate of drug-likeness (QED) is 0.892. The molecule has 6 heteroatoms. The average molecular weight is 355 g/mol. The summed E-state index contributed by atoms with van der Waals surface area (Å²) in [4.78, 5) is 12.1. The van der Waals surface area contributed by atoms with Gasteiger partial charge in [-0.3, -0.25) is 4.79 Å². The fourth-order valence-electron chi connectivity index (χ4n) is 3.32. The molecule has 1 aliphatic carbocycles. The summed E-state index contributed by atoms with van der Waals surface area (Å²) in [6.07, 6.45) is 3.63. The Morgan fingerprint density at radius 3 is 2.35 bits per heavy atom. The van der Waals surface area contributed by atoms with Gasteiger partial charge in [0.15, 0.2) is 11.5 Å². The Labute approximate surface area is 152 Å². The molecule has 0 aromatic heterocycles. The van der Waals surface area contributed by atoms with Crippen LogP contribution in [-0.2, 0) is 4.79 Å². The molecule has 6 nitrogen and oxygen atoms in total. The molecule has 0 bridgehead atoms. The molecule has 2 aromatic carbocycles. The molecule has 2 N–H and O–H groups in total. The molecule has 0 spiro atoms. The first-order chi connectivity index (χ1) is 12.5. The Hall–Kier alpha value is -2.89. The number of fused-ring (bicyclic) bond motifs is 3. The lowest BCUT2D eigenvalue weighted by Gasteiger charge is -2.22. The molecule has 0 saturated carbocycles. The molecule has 3 rings (SSSR count). The van der Waals surface area contributed by atoms with E-state index < -0.39 is 11.8 Å². The summed E-state index contributed by atoms with van der Waals surface area (Å²) < 4.78 is 21.9. The van der Waals surface area contributed by atoms with Gasteiger partial charge >= 0.3 is 0 Å². The minimum absolute atomic E-state index is 0.348. The number of nitrogens with two attached hydrogens (primary N) is 1. The molecular formula is C20H21NO5. The van der Waals surface area contributed by atoms with Crippen LogP contribution in [0.4, 0.5) is 0 Å². The SMILES string of the molecule is COc1ccc2c(c1)[C]CC(C(N)=O)c1cc(OC)c(OC)c(OC)c1-2. The summed E-state index contributed by atoms with van der Waals surface area (Å²) in [6.45, 7) is 0. The van der Waals surface area contributed by atoms with E-state index in [2.05, 4.69) is 6.42 Å². The number of hydrogen-bond donors (Lipinski definition) is 1. The van der Waals surface area contributed by atoms with Crippen LogP contribution in [0.2, 0.25) is 0 Å². The van der Waals surface area contributed by atoms with E-state index in [1.807, 2.05) is 18.2 Å². The van der Waals surface area contributed by atoms with Crippen molar-refractivity contribution in [2.24, 2.45) is 5.73 Å². The van der Waals surface area contributed by atoms with Gasteiger partial charge in [0, 0.05) is 12.0 Å². The number of carbonyl (C=O) groups excluding carboxylic acids is 1. The van der Waals surface area contributed by atoms with Crippen LogP contribution in [0, 0.1) is 6.42 Å². The van der Waals surface area contributed by atoms with Crippen molar-refractivity contribution in [3.63, 3.8) is 0 Å². The summed E-state index contributed by atoms with van der Waals surface area (Å²) in [5, 5.41) is 0. The maximum atomic E-state index is 12.1. The van der Waals surface area contributed by atoms with Crippen molar-refractivity contribution in [1.29, 1.82) is 0 Å². The van der Waals surface area contributed by atoms with Gasteiger partial charge < -0.3 is 24.7 Å². The predicted octanol–water partition coefficient (Wildman–Crippen LogP) is 2.79. The lowest BCUT2D eigenvalue weighted by atomic mass is 9.89. The predicted molar refractivity (Wildman–Crippen MR) is 97.0 cm³/mol. The molecule has 0 heterocycles. The minimum Gasteiger partial charge on any atom is -0.497 e. The molecule has 26 heavy (non-hydrogen) atoms. The summed E-state index contributed by atoms with van der Waals surface area (Å²) in [5.41, 5.74) is 8.83. The maximum absolute atomic E-state index is 12.1. The van der Waals surface area contributed by atoms with Gasteiger partial charge in [0.05, 0.1) is 34.4 Å². The molecule has 136 valence electrons. The number of benzene rings is 2. The van der Waals surface area contributed by atoms with Gasteiger partial charge in [-0.2, -0.15) is 0 Å². The fraction of sp³-hybridized carbons (Fsp3) is 0.300. The minimum atomic E-state index is -0.558. The summed E-state index contributed by atoms with van der Waals surface area (Å²) in [6, 6.07) is 7.43. The topological polar surface area (TPSA) is 80.0 Å². The molecule has 1 amide bonds. The summed E-state index contributed by atoms with van der Waals surface area (Å²) in [5.74, 6) is 1.13. The Morgan fingerprint density at radius 2 is 1.77 bits per heavy atom. The van der Waals surface area contributed by atoms with Gasteiger partial charge in [0.1, 0.15) is 5.75 Å². The number of ether oxygens (including phenoxy) is 4. The second-order valence-electron chi connectivity index (χ2n) is 5.86. The monoisotopic (exact) mass is 355 g/mol. The first kappa shape index (κ1) is 17.9. The highest BCUT2D eigenvalue weighted by Gasteiger charge is 2.32. The highest BCUT2D eigenvalue weighted by molar-refractivity contribution is 5.91. The molecular weight excluding hydrogens is 334 g/mol. The first-order valence-electron chi connectivity index (χ1n) is 8.10.